The van der Waals surface area contributed by atoms with Gasteiger partial charge in [-0.25, -0.2) is 4.98 Å². The number of pyridine rings is 1. The molecule has 3 nitrogen and oxygen atoms in total. The Morgan fingerprint density at radius 2 is 1.95 bits per heavy atom. The second-order valence-corrected chi connectivity index (χ2v) is 5.74. The van der Waals surface area contributed by atoms with Crippen LogP contribution in [0.3, 0.4) is 0 Å². The fourth-order valence-corrected chi connectivity index (χ4v) is 3.34. The van der Waals surface area contributed by atoms with Gasteiger partial charge in [0.1, 0.15) is 0 Å². The molecular weight excluding hydrogens is 234 g/mol. The maximum atomic E-state index is 4.59. The van der Waals surface area contributed by atoms with Crippen molar-refractivity contribution in [3.8, 4) is 11.3 Å². The molecule has 0 aliphatic heterocycles. The van der Waals surface area contributed by atoms with Gasteiger partial charge in [-0.3, -0.25) is 4.98 Å². The topological polar surface area (TPSA) is 30.7 Å². The molecule has 3 aromatic rings. The highest BCUT2D eigenvalue weighted by Gasteiger charge is 2.38. The van der Waals surface area contributed by atoms with Crippen LogP contribution in [0, 0.1) is 0 Å². The average molecular weight is 249 g/mol. The largest absolute Gasteiger partial charge is 0.333 e. The summed E-state index contributed by atoms with van der Waals surface area (Å²) in [6.45, 7) is 4.54. The minimum Gasteiger partial charge on any atom is -0.333 e. The van der Waals surface area contributed by atoms with Crippen molar-refractivity contribution >= 4 is 11.0 Å². The molecule has 0 radical (unpaired) electrons. The molecule has 0 saturated carbocycles. The summed E-state index contributed by atoms with van der Waals surface area (Å²) in [6.07, 6.45) is 3.76. The third-order valence-corrected chi connectivity index (χ3v) is 4.24. The number of imidazole rings is 1. The van der Waals surface area contributed by atoms with Gasteiger partial charge in [-0.2, -0.15) is 0 Å². The Labute approximate surface area is 111 Å². The van der Waals surface area contributed by atoms with Crippen molar-refractivity contribution in [1.82, 2.24) is 14.5 Å². The third kappa shape index (κ3) is 1.17. The highest BCUT2D eigenvalue weighted by molar-refractivity contribution is 5.92. The summed E-state index contributed by atoms with van der Waals surface area (Å²) >= 11 is 0. The summed E-state index contributed by atoms with van der Waals surface area (Å²) in [7, 11) is 2.06. The summed E-state index contributed by atoms with van der Waals surface area (Å²) in [6, 6.07) is 8.46. The number of fused-ring (bicyclic) bond motifs is 5. The van der Waals surface area contributed by atoms with Crippen LogP contribution < -0.4 is 0 Å². The molecule has 0 saturated heterocycles. The summed E-state index contributed by atoms with van der Waals surface area (Å²) in [4.78, 5) is 9.05. The second-order valence-electron chi connectivity index (χ2n) is 5.74. The van der Waals surface area contributed by atoms with Gasteiger partial charge in [0.05, 0.1) is 23.1 Å². The fourth-order valence-electron chi connectivity index (χ4n) is 3.34. The van der Waals surface area contributed by atoms with E-state index in [4.69, 9.17) is 0 Å². The van der Waals surface area contributed by atoms with Crippen molar-refractivity contribution in [1.29, 1.82) is 0 Å². The molecule has 2 heterocycles. The number of benzene rings is 1. The maximum absolute atomic E-state index is 4.59. The number of nitrogens with zero attached hydrogens (tertiary/aromatic N) is 3. The predicted octanol–water partition coefficient (Wildman–Crippen LogP) is 3.27. The van der Waals surface area contributed by atoms with E-state index in [0.717, 1.165) is 11.2 Å². The number of hydrogen-bond donors (Lipinski definition) is 0. The number of aromatic nitrogens is 3. The molecule has 1 aliphatic carbocycles. The van der Waals surface area contributed by atoms with E-state index in [9.17, 15) is 0 Å². The minimum absolute atomic E-state index is 0.0216. The van der Waals surface area contributed by atoms with Gasteiger partial charge in [-0.1, -0.05) is 26.0 Å². The predicted molar refractivity (Wildman–Crippen MR) is 76.1 cm³/mol. The van der Waals surface area contributed by atoms with Gasteiger partial charge in [-0.15, -0.1) is 0 Å². The van der Waals surface area contributed by atoms with Crippen LogP contribution in [0.15, 0.2) is 36.8 Å². The van der Waals surface area contributed by atoms with E-state index in [1.54, 1.807) is 0 Å². The molecule has 1 aromatic carbocycles. The summed E-state index contributed by atoms with van der Waals surface area (Å²) < 4.78 is 2.11. The Morgan fingerprint density at radius 3 is 2.79 bits per heavy atom. The third-order valence-electron chi connectivity index (χ3n) is 4.24. The Balaban J connectivity index is 2.23. The van der Waals surface area contributed by atoms with E-state index >= 15 is 0 Å². The van der Waals surface area contributed by atoms with Crippen molar-refractivity contribution in [2.45, 2.75) is 19.3 Å². The van der Waals surface area contributed by atoms with Gasteiger partial charge in [0.25, 0.3) is 0 Å². The monoisotopic (exact) mass is 249 g/mol. The van der Waals surface area contributed by atoms with Crippen LogP contribution in [-0.2, 0) is 12.5 Å². The maximum Gasteiger partial charge on any atom is 0.0955 e. The van der Waals surface area contributed by atoms with E-state index < -0.39 is 0 Å². The molecule has 0 N–H and O–H groups in total. The number of aryl methyl sites for hydroxylation is 1. The quantitative estimate of drug-likeness (QED) is 0.612. The lowest BCUT2D eigenvalue weighted by Crippen LogP contribution is -2.16. The smallest absolute Gasteiger partial charge is 0.0955 e. The standard InChI is InChI=1S/C16H15N3/c1-16(2)11-5-4-8-17-14(11)10-6-7-12-15(13(10)16)19(3)9-18-12/h4-9H,1-3H3. The van der Waals surface area contributed by atoms with E-state index in [2.05, 4.69) is 53.6 Å². The summed E-state index contributed by atoms with van der Waals surface area (Å²) in [5, 5.41) is 0. The number of rotatable bonds is 0. The van der Waals surface area contributed by atoms with Gasteiger partial charge in [0.2, 0.25) is 0 Å². The molecular formula is C16H15N3. The first-order valence-corrected chi connectivity index (χ1v) is 6.51. The van der Waals surface area contributed by atoms with Crippen LogP contribution in [0.25, 0.3) is 22.3 Å². The molecule has 0 atom stereocenters. The van der Waals surface area contributed by atoms with Crippen LogP contribution in [-0.4, -0.2) is 14.5 Å². The van der Waals surface area contributed by atoms with Crippen molar-refractivity contribution in [3.63, 3.8) is 0 Å². The number of hydrogen-bond acceptors (Lipinski definition) is 2. The zero-order valence-corrected chi connectivity index (χ0v) is 11.3. The van der Waals surface area contributed by atoms with E-state index in [0.29, 0.717) is 0 Å². The Kier molecular flexibility index (Phi) is 1.83. The van der Waals surface area contributed by atoms with Crippen molar-refractivity contribution in [2.24, 2.45) is 7.05 Å². The highest BCUT2D eigenvalue weighted by Crippen LogP contribution is 2.49. The van der Waals surface area contributed by atoms with Crippen LogP contribution in [0.5, 0.6) is 0 Å². The second kappa shape index (κ2) is 3.23. The molecule has 0 bridgehead atoms. The lowest BCUT2D eigenvalue weighted by atomic mass is 9.82. The lowest BCUT2D eigenvalue weighted by molar-refractivity contribution is 0.660. The molecule has 2 aromatic heterocycles. The highest BCUT2D eigenvalue weighted by atomic mass is 15.0. The molecule has 0 spiro atoms. The van der Waals surface area contributed by atoms with Crippen molar-refractivity contribution in [3.05, 3.63) is 47.9 Å². The van der Waals surface area contributed by atoms with Gasteiger partial charge >= 0.3 is 0 Å². The first kappa shape index (κ1) is 10.7. The van der Waals surface area contributed by atoms with E-state index in [1.807, 2.05) is 18.6 Å². The minimum atomic E-state index is -0.0216. The van der Waals surface area contributed by atoms with Crippen LogP contribution >= 0.6 is 0 Å². The van der Waals surface area contributed by atoms with Crippen molar-refractivity contribution < 1.29 is 0 Å². The van der Waals surface area contributed by atoms with E-state index in [1.165, 1.54) is 22.2 Å². The molecule has 0 unspecified atom stereocenters. The van der Waals surface area contributed by atoms with Gasteiger partial charge in [0, 0.05) is 24.2 Å². The van der Waals surface area contributed by atoms with Gasteiger partial charge in [-0.05, 0) is 23.3 Å². The van der Waals surface area contributed by atoms with Crippen LogP contribution in [0.4, 0.5) is 0 Å². The van der Waals surface area contributed by atoms with Crippen LogP contribution in [0.2, 0.25) is 0 Å². The summed E-state index contributed by atoms with van der Waals surface area (Å²) in [5.41, 5.74) is 7.27. The Hall–Kier alpha value is -2.16. The zero-order valence-electron chi connectivity index (χ0n) is 11.3. The lowest BCUT2D eigenvalue weighted by Gasteiger charge is -2.22. The van der Waals surface area contributed by atoms with Gasteiger partial charge < -0.3 is 4.57 Å². The molecule has 94 valence electrons. The summed E-state index contributed by atoms with van der Waals surface area (Å²) in [5.74, 6) is 0. The average Bonchev–Trinajstić information content (AvgIpc) is 2.89. The molecule has 0 fully saturated rings. The zero-order chi connectivity index (χ0) is 13.2. The van der Waals surface area contributed by atoms with E-state index in [-0.39, 0.29) is 5.41 Å². The van der Waals surface area contributed by atoms with Crippen LogP contribution in [0.1, 0.15) is 25.0 Å². The Morgan fingerprint density at radius 1 is 1.11 bits per heavy atom. The fraction of sp³-hybridized carbons (Fsp3) is 0.250. The first-order valence-electron chi connectivity index (χ1n) is 6.51. The van der Waals surface area contributed by atoms with Crippen molar-refractivity contribution in [2.75, 3.05) is 0 Å². The molecule has 4 rings (SSSR count). The van der Waals surface area contributed by atoms with Gasteiger partial charge in [0.15, 0.2) is 0 Å². The Bertz CT molecular complexity index is 812. The molecule has 0 amide bonds. The first-order chi connectivity index (χ1) is 9.10. The molecule has 3 heteroatoms. The molecule has 1 aliphatic rings. The SMILES string of the molecule is Cn1cnc2ccc3c(c21)C(C)(C)c1cccnc1-3. The molecule has 19 heavy (non-hydrogen) atoms. The normalized spacial score (nSPS) is 15.5.